The maximum atomic E-state index is 12.3. The number of thioether (sulfide) groups is 1. The molecule has 3 aromatic rings. The summed E-state index contributed by atoms with van der Waals surface area (Å²) in [5.74, 6) is 0.743. The first-order chi connectivity index (χ1) is 10.6. The van der Waals surface area contributed by atoms with Crippen molar-refractivity contribution in [1.82, 2.24) is 19.2 Å². The van der Waals surface area contributed by atoms with Crippen LogP contribution in [0.5, 0.6) is 0 Å². The molecule has 0 saturated carbocycles. The second-order valence-electron chi connectivity index (χ2n) is 4.67. The minimum absolute atomic E-state index is 0.110. The number of rotatable bonds is 4. The van der Waals surface area contributed by atoms with Crippen molar-refractivity contribution in [3.05, 3.63) is 34.6 Å². The van der Waals surface area contributed by atoms with Crippen molar-refractivity contribution in [3.63, 3.8) is 0 Å². The van der Waals surface area contributed by atoms with Gasteiger partial charge in [0.05, 0.1) is 24.4 Å². The maximum absolute atomic E-state index is 12.3. The number of aromatic nitrogens is 4. The third-order valence-electron chi connectivity index (χ3n) is 3.36. The second kappa shape index (κ2) is 5.80. The molecule has 0 fully saturated rings. The smallest absolute Gasteiger partial charge is 0.306 e. The topological polar surface area (TPSA) is 78.5 Å². The molecule has 0 aliphatic rings. The Bertz CT molecular complexity index is 915. The third kappa shape index (κ3) is 2.35. The minimum Gasteiger partial charge on any atom is -0.469 e. The molecule has 0 radical (unpaired) electrons. The van der Waals surface area contributed by atoms with Gasteiger partial charge in [0.1, 0.15) is 0 Å². The van der Waals surface area contributed by atoms with Crippen molar-refractivity contribution in [1.29, 1.82) is 0 Å². The van der Waals surface area contributed by atoms with E-state index in [-0.39, 0.29) is 11.5 Å². The van der Waals surface area contributed by atoms with Crippen molar-refractivity contribution < 1.29 is 9.53 Å². The van der Waals surface area contributed by atoms with Gasteiger partial charge in [-0.1, -0.05) is 23.9 Å². The van der Waals surface area contributed by atoms with Crippen LogP contribution < -0.4 is 5.56 Å². The molecule has 8 heteroatoms. The molecule has 0 aliphatic heterocycles. The summed E-state index contributed by atoms with van der Waals surface area (Å²) in [4.78, 5) is 23.5. The molecule has 0 aliphatic carbocycles. The molecular weight excluding hydrogens is 304 g/mol. The molecule has 114 valence electrons. The van der Waals surface area contributed by atoms with E-state index < -0.39 is 0 Å². The largest absolute Gasteiger partial charge is 0.469 e. The zero-order valence-corrected chi connectivity index (χ0v) is 13.0. The van der Waals surface area contributed by atoms with Crippen LogP contribution in [0.25, 0.3) is 16.7 Å². The normalized spacial score (nSPS) is 11.2. The number of hydrogen-bond acceptors (Lipinski definition) is 6. The van der Waals surface area contributed by atoms with Gasteiger partial charge in [0, 0.05) is 12.8 Å². The average molecular weight is 318 g/mol. The van der Waals surface area contributed by atoms with Crippen LogP contribution >= 0.6 is 11.8 Å². The van der Waals surface area contributed by atoms with Crippen LogP contribution in [0.1, 0.15) is 6.42 Å². The van der Waals surface area contributed by atoms with Crippen molar-refractivity contribution in [2.45, 2.75) is 11.6 Å². The number of aryl methyl sites for hydroxylation is 1. The molecule has 3 rings (SSSR count). The van der Waals surface area contributed by atoms with E-state index in [0.29, 0.717) is 28.5 Å². The summed E-state index contributed by atoms with van der Waals surface area (Å²) in [5.41, 5.74) is 0.646. The quantitative estimate of drug-likeness (QED) is 0.532. The Kier molecular flexibility index (Phi) is 3.84. The van der Waals surface area contributed by atoms with E-state index in [1.54, 1.807) is 13.1 Å². The number of carbonyl (C=O) groups excluding carboxylic acids is 1. The van der Waals surface area contributed by atoms with Crippen LogP contribution in [0, 0.1) is 0 Å². The number of benzene rings is 1. The fraction of sp³-hybridized carbons (Fsp3) is 0.286. The van der Waals surface area contributed by atoms with E-state index in [9.17, 15) is 9.59 Å². The standard InChI is InChI=1S/C14H14N4O3S/c1-17-12(20)9-5-3-4-6-10(9)18-13(17)15-16-14(18)22-8-7-11(19)21-2/h3-6H,7-8H2,1-2H3. The van der Waals surface area contributed by atoms with Crippen molar-refractivity contribution in [2.75, 3.05) is 12.9 Å². The molecule has 22 heavy (non-hydrogen) atoms. The highest BCUT2D eigenvalue weighted by Gasteiger charge is 2.15. The number of ether oxygens (including phenoxy) is 1. The molecule has 2 aromatic heterocycles. The zero-order chi connectivity index (χ0) is 15.7. The van der Waals surface area contributed by atoms with E-state index in [1.807, 2.05) is 22.6 Å². The summed E-state index contributed by atoms with van der Waals surface area (Å²) in [5, 5.41) is 9.47. The molecule has 1 aromatic carbocycles. The van der Waals surface area contributed by atoms with Crippen LogP contribution in [0.15, 0.2) is 34.2 Å². The lowest BCUT2D eigenvalue weighted by atomic mass is 10.2. The third-order valence-corrected chi connectivity index (χ3v) is 4.29. The lowest BCUT2D eigenvalue weighted by molar-refractivity contribution is -0.140. The molecule has 0 bridgehead atoms. The first-order valence-corrected chi connectivity index (χ1v) is 7.64. The van der Waals surface area contributed by atoms with Gasteiger partial charge >= 0.3 is 5.97 Å². The van der Waals surface area contributed by atoms with Gasteiger partial charge < -0.3 is 4.74 Å². The molecule has 0 N–H and O–H groups in total. The van der Waals surface area contributed by atoms with Crippen LogP contribution in [-0.2, 0) is 16.6 Å². The fourth-order valence-electron chi connectivity index (χ4n) is 2.23. The van der Waals surface area contributed by atoms with Crippen LogP contribution in [0.3, 0.4) is 0 Å². The summed E-state index contributed by atoms with van der Waals surface area (Å²) in [6, 6.07) is 7.32. The van der Waals surface area contributed by atoms with Gasteiger partial charge in [-0.15, -0.1) is 10.2 Å². The molecule has 0 spiro atoms. The highest BCUT2D eigenvalue weighted by Crippen LogP contribution is 2.21. The fourth-order valence-corrected chi connectivity index (χ4v) is 3.09. The lowest BCUT2D eigenvalue weighted by Crippen LogP contribution is -2.20. The van der Waals surface area contributed by atoms with Crippen molar-refractivity contribution >= 4 is 34.4 Å². The Morgan fingerprint density at radius 3 is 2.86 bits per heavy atom. The summed E-state index contributed by atoms with van der Waals surface area (Å²) in [6.45, 7) is 0. The Morgan fingerprint density at radius 2 is 2.09 bits per heavy atom. The molecule has 2 heterocycles. The summed E-state index contributed by atoms with van der Waals surface area (Å²) in [6.07, 6.45) is 0.291. The van der Waals surface area contributed by atoms with Crippen molar-refractivity contribution in [2.24, 2.45) is 7.05 Å². The number of para-hydroxylation sites is 1. The number of hydrogen-bond donors (Lipinski definition) is 0. The number of fused-ring (bicyclic) bond motifs is 3. The second-order valence-corrected chi connectivity index (χ2v) is 5.74. The Balaban J connectivity index is 2.09. The Labute approximate surface area is 129 Å². The van der Waals surface area contributed by atoms with Gasteiger partial charge in [0.25, 0.3) is 5.56 Å². The van der Waals surface area contributed by atoms with Crippen LogP contribution in [0.4, 0.5) is 0 Å². The van der Waals surface area contributed by atoms with E-state index >= 15 is 0 Å². The zero-order valence-electron chi connectivity index (χ0n) is 12.1. The van der Waals surface area contributed by atoms with Crippen LogP contribution in [-0.4, -0.2) is 38.0 Å². The SMILES string of the molecule is COC(=O)CCSc1nnc2n(C)c(=O)c3ccccc3n12. The summed E-state index contributed by atoms with van der Waals surface area (Å²) in [7, 11) is 3.03. The van der Waals surface area contributed by atoms with E-state index in [2.05, 4.69) is 14.9 Å². The minimum atomic E-state index is -0.265. The number of esters is 1. The average Bonchev–Trinajstić information content (AvgIpc) is 2.96. The highest BCUT2D eigenvalue weighted by molar-refractivity contribution is 7.99. The van der Waals surface area contributed by atoms with Gasteiger partial charge in [-0.3, -0.25) is 18.6 Å². The Morgan fingerprint density at radius 1 is 1.32 bits per heavy atom. The molecule has 0 unspecified atom stereocenters. The first-order valence-electron chi connectivity index (χ1n) is 6.66. The lowest BCUT2D eigenvalue weighted by Gasteiger charge is -2.07. The molecule has 0 amide bonds. The highest BCUT2D eigenvalue weighted by atomic mass is 32.2. The maximum Gasteiger partial charge on any atom is 0.306 e. The van der Waals surface area contributed by atoms with Gasteiger partial charge in [-0.05, 0) is 12.1 Å². The van der Waals surface area contributed by atoms with Gasteiger partial charge in [-0.2, -0.15) is 0 Å². The van der Waals surface area contributed by atoms with E-state index in [4.69, 9.17) is 0 Å². The summed E-state index contributed by atoms with van der Waals surface area (Å²) < 4.78 is 7.93. The van der Waals surface area contributed by atoms with E-state index in [1.165, 1.54) is 23.4 Å². The van der Waals surface area contributed by atoms with Crippen LogP contribution in [0.2, 0.25) is 0 Å². The molecular formula is C14H14N4O3S. The van der Waals surface area contributed by atoms with Crippen molar-refractivity contribution in [3.8, 4) is 0 Å². The van der Waals surface area contributed by atoms with Gasteiger partial charge in [0.15, 0.2) is 5.16 Å². The number of methoxy groups -OCH3 is 1. The molecule has 0 atom stereocenters. The monoisotopic (exact) mass is 318 g/mol. The molecule has 7 nitrogen and oxygen atoms in total. The summed E-state index contributed by atoms with van der Waals surface area (Å²) >= 11 is 1.40. The Hall–Kier alpha value is -2.35. The predicted octanol–water partition coefficient (Wildman–Crippen LogP) is 1.24. The molecule has 0 saturated heterocycles. The van der Waals surface area contributed by atoms with E-state index in [0.717, 1.165) is 5.52 Å². The number of nitrogens with zero attached hydrogens (tertiary/aromatic N) is 4. The van der Waals surface area contributed by atoms with Gasteiger partial charge in [0.2, 0.25) is 5.78 Å². The first kappa shape index (κ1) is 14.6. The predicted molar refractivity (Wildman–Crippen MR) is 83.1 cm³/mol. The number of carbonyl (C=O) groups is 1. The van der Waals surface area contributed by atoms with Gasteiger partial charge in [-0.25, -0.2) is 0 Å².